The van der Waals surface area contributed by atoms with Gasteiger partial charge in [0.2, 0.25) is 0 Å². The van der Waals surface area contributed by atoms with Crippen molar-refractivity contribution in [3.8, 4) is 0 Å². The lowest BCUT2D eigenvalue weighted by molar-refractivity contribution is -0.316. The average Bonchev–Trinajstić information content (AvgIpc) is 3.33. The molecule has 282 valence electrons. The number of nitrogens with zero attached hydrogens (tertiary/aromatic N) is 1. The lowest BCUT2D eigenvalue weighted by Gasteiger charge is -2.63. The molecule has 6 aliphatic rings. The van der Waals surface area contributed by atoms with E-state index in [0.29, 0.717) is 30.0 Å². The summed E-state index contributed by atoms with van der Waals surface area (Å²) in [5, 5.41) is 74.0. The van der Waals surface area contributed by atoms with Gasteiger partial charge >= 0.3 is 11.9 Å². The predicted molar refractivity (Wildman–Crippen MR) is 181 cm³/mol. The minimum Gasteiger partial charge on any atom is -0.462 e. The molecule has 0 spiro atoms. The highest BCUT2D eigenvalue weighted by molar-refractivity contribution is 5.87. The summed E-state index contributed by atoms with van der Waals surface area (Å²) in [6.07, 6.45) is -2.78. The molecule has 0 aromatic carbocycles. The van der Waals surface area contributed by atoms with Gasteiger partial charge in [0.1, 0.15) is 23.9 Å². The Morgan fingerprint density at radius 1 is 0.900 bits per heavy atom. The SMILES string of the molecule is C/C=C(/C)C(=O)O[C@H]1CC[C@@]2(C)C(CC(OC(C)=O)C3[C@@]4(O)C(C[C@@]32O)C2CN3C[C@@H](C)CCC3C(O)C2[C@@H](O)[C@@H]4OC(O)/C(C)=C\C)[C@H]1O. The Bertz CT molecular complexity index is 1390. The van der Waals surface area contributed by atoms with Crippen molar-refractivity contribution in [1.29, 1.82) is 0 Å². The fourth-order valence-electron chi connectivity index (χ4n) is 11.5. The van der Waals surface area contributed by atoms with Crippen LogP contribution in [0.1, 0.15) is 87.0 Å². The summed E-state index contributed by atoms with van der Waals surface area (Å²) in [6, 6.07) is -0.182. The van der Waals surface area contributed by atoms with Crippen molar-refractivity contribution < 1.29 is 54.4 Å². The van der Waals surface area contributed by atoms with Crippen molar-refractivity contribution in [3.05, 3.63) is 23.3 Å². The van der Waals surface area contributed by atoms with Gasteiger partial charge in [-0.1, -0.05) is 26.0 Å². The Balaban J connectivity index is 1.46. The van der Waals surface area contributed by atoms with Crippen LogP contribution in [0.3, 0.4) is 0 Å². The largest absolute Gasteiger partial charge is 0.462 e. The number of esters is 2. The maximum Gasteiger partial charge on any atom is 0.333 e. The molecule has 2 heterocycles. The van der Waals surface area contributed by atoms with Crippen molar-refractivity contribution in [2.75, 3.05) is 13.1 Å². The van der Waals surface area contributed by atoms with E-state index < -0.39 is 101 Å². The average molecular weight is 706 g/mol. The van der Waals surface area contributed by atoms with Crippen molar-refractivity contribution in [2.45, 2.75) is 147 Å². The molecule has 6 N–H and O–H groups in total. The molecule has 6 fully saturated rings. The van der Waals surface area contributed by atoms with E-state index in [1.54, 1.807) is 39.8 Å². The monoisotopic (exact) mass is 705 g/mol. The van der Waals surface area contributed by atoms with Crippen LogP contribution in [-0.2, 0) is 23.8 Å². The number of carbonyl (C=O) groups is 2. The molecule has 50 heavy (non-hydrogen) atoms. The molecule has 2 saturated heterocycles. The number of aliphatic hydroxyl groups excluding tert-OH is 4. The highest BCUT2D eigenvalue weighted by Crippen LogP contribution is 2.70. The van der Waals surface area contributed by atoms with Crippen LogP contribution >= 0.6 is 0 Å². The molecular formula is C38H59NO11. The summed E-state index contributed by atoms with van der Waals surface area (Å²) in [6.45, 7) is 13.3. The standard InChI is InChI=1S/C38H59NO11/c1-8-19(4)34(44)49-26-12-13-36(7)23(29(26)41)14-27(48-21(6)40)32-37(36,46)15-24-22-17-39-16-18(3)10-11-25(39)30(42)28(22)31(43)33(38(24,32)47)50-35(45)20(5)9-2/h8-9,18,22-33,35,41-43,45-47H,10-17H2,1-7H3/b19-8-,20-9-/t18-,22?,23?,24?,25?,26-,27?,28?,29+,30?,31+,32?,33-,35?,36-,37+,38-/m0/s1. The van der Waals surface area contributed by atoms with Crippen molar-refractivity contribution in [3.63, 3.8) is 0 Å². The van der Waals surface area contributed by atoms with Gasteiger partial charge in [0, 0.05) is 48.9 Å². The summed E-state index contributed by atoms with van der Waals surface area (Å²) >= 11 is 0. The van der Waals surface area contributed by atoms with Gasteiger partial charge in [-0.2, -0.15) is 0 Å². The van der Waals surface area contributed by atoms with Crippen molar-refractivity contribution >= 4 is 11.9 Å². The smallest absolute Gasteiger partial charge is 0.333 e. The van der Waals surface area contributed by atoms with Crippen molar-refractivity contribution in [2.24, 2.45) is 40.9 Å². The molecular weight excluding hydrogens is 646 g/mol. The van der Waals surface area contributed by atoms with E-state index >= 15 is 0 Å². The van der Waals surface area contributed by atoms with E-state index in [4.69, 9.17) is 14.2 Å². The Labute approximate surface area is 295 Å². The van der Waals surface area contributed by atoms with Gasteiger partial charge in [0.05, 0.1) is 29.8 Å². The number of aliphatic hydroxyl groups is 6. The zero-order valence-corrected chi connectivity index (χ0v) is 30.6. The molecule has 12 nitrogen and oxygen atoms in total. The third kappa shape index (κ3) is 5.63. The number of fused-ring (bicyclic) bond motifs is 8. The Kier molecular flexibility index (Phi) is 10.2. The minimum atomic E-state index is -2.01. The summed E-state index contributed by atoms with van der Waals surface area (Å²) < 4.78 is 18.0. The molecule has 4 aliphatic carbocycles. The van der Waals surface area contributed by atoms with E-state index in [1.165, 1.54) is 6.92 Å². The second-order valence-corrected chi connectivity index (χ2v) is 16.8. The molecule has 17 atom stereocenters. The van der Waals surface area contributed by atoms with E-state index in [9.17, 15) is 40.2 Å². The van der Waals surface area contributed by atoms with Crippen LogP contribution in [0.25, 0.3) is 0 Å². The molecule has 4 saturated carbocycles. The number of piperidine rings is 2. The first-order valence-electron chi connectivity index (χ1n) is 18.6. The molecule has 6 rings (SSSR count). The molecule has 0 aromatic heterocycles. The maximum atomic E-state index is 13.4. The predicted octanol–water partition coefficient (Wildman–Crippen LogP) is 1.83. The number of rotatable bonds is 6. The normalized spacial score (nSPS) is 49.8. The van der Waals surface area contributed by atoms with Gasteiger partial charge in [0.25, 0.3) is 0 Å². The van der Waals surface area contributed by atoms with Gasteiger partial charge in [-0.05, 0) is 89.5 Å². The maximum absolute atomic E-state index is 13.4. The van der Waals surface area contributed by atoms with E-state index in [1.807, 2.05) is 6.92 Å². The van der Waals surface area contributed by atoms with Gasteiger partial charge < -0.3 is 44.8 Å². The molecule has 0 aromatic rings. The highest BCUT2D eigenvalue weighted by atomic mass is 16.6. The third-order valence-corrected chi connectivity index (χ3v) is 14.4. The van der Waals surface area contributed by atoms with Crippen LogP contribution in [0.4, 0.5) is 0 Å². The first kappa shape index (κ1) is 37.8. The molecule has 0 amide bonds. The molecule has 12 heteroatoms. The lowest BCUT2D eigenvalue weighted by atomic mass is 9.47. The van der Waals surface area contributed by atoms with E-state index in [2.05, 4.69) is 11.8 Å². The van der Waals surface area contributed by atoms with Crippen LogP contribution < -0.4 is 0 Å². The zero-order valence-electron chi connectivity index (χ0n) is 30.6. The third-order valence-electron chi connectivity index (χ3n) is 14.4. The van der Waals surface area contributed by atoms with E-state index in [-0.39, 0.29) is 25.3 Å². The molecule has 9 unspecified atom stereocenters. The second-order valence-electron chi connectivity index (χ2n) is 16.8. The Morgan fingerprint density at radius 3 is 2.24 bits per heavy atom. The highest BCUT2D eigenvalue weighted by Gasteiger charge is 2.80. The molecule has 2 aliphatic heterocycles. The topological polar surface area (TPSA) is 186 Å². The number of carbonyl (C=O) groups excluding carboxylic acids is 2. The summed E-state index contributed by atoms with van der Waals surface area (Å²) in [7, 11) is 0. The summed E-state index contributed by atoms with van der Waals surface area (Å²) in [4.78, 5) is 27.7. The second kappa shape index (κ2) is 13.5. The molecule has 0 radical (unpaired) electrons. The zero-order chi connectivity index (χ0) is 36.7. The fourth-order valence-corrected chi connectivity index (χ4v) is 11.5. The van der Waals surface area contributed by atoms with Crippen LogP contribution in [0.2, 0.25) is 0 Å². The first-order chi connectivity index (χ1) is 23.4. The summed E-state index contributed by atoms with van der Waals surface area (Å²) in [5.74, 6) is -4.55. The number of ether oxygens (including phenoxy) is 3. The minimum absolute atomic E-state index is 0.0288. The first-order valence-corrected chi connectivity index (χ1v) is 18.6. The van der Waals surface area contributed by atoms with Crippen molar-refractivity contribution in [1.82, 2.24) is 4.90 Å². The van der Waals surface area contributed by atoms with Crippen LogP contribution in [-0.4, -0.2) is 121 Å². The Hall–Kier alpha value is -1.90. The van der Waals surface area contributed by atoms with Crippen LogP contribution in [0, 0.1) is 40.9 Å². The lowest BCUT2D eigenvalue weighted by Crippen LogP contribution is -2.76. The van der Waals surface area contributed by atoms with Gasteiger partial charge in [-0.15, -0.1) is 0 Å². The van der Waals surface area contributed by atoms with Gasteiger partial charge in [-0.25, -0.2) is 4.79 Å². The van der Waals surface area contributed by atoms with Gasteiger partial charge in [0.15, 0.2) is 6.29 Å². The Morgan fingerprint density at radius 2 is 1.60 bits per heavy atom. The van der Waals surface area contributed by atoms with Crippen LogP contribution in [0.5, 0.6) is 0 Å². The summed E-state index contributed by atoms with van der Waals surface area (Å²) in [5.41, 5.74) is -3.94. The van der Waals surface area contributed by atoms with E-state index in [0.717, 1.165) is 19.4 Å². The number of hydrogen-bond acceptors (Lipinski definition) is 12. The van der Waals surface area contributed by atoms with Gasteiger partial charge in [-0.3, -0.25) is 9.69 Å². The fraction of sp³-hybridized carbons (Fsp3) is 0.842. The number of hydrogen-bond donors (Lipinski definition) is 6. The number of allylic oxidation sites excluding steroid dienone is 2. The quantitative estimate of drug-likeness (QED) is 0.102. The van der Waals surface area contributed by atoms with Crippen LogP contribution in [0.15, 0.2) is 23.3 Å². The molecule has 0 bridgehead atoms.